The second kappa shape index (κ2) is 6.26. The zero-order chi connectivity index (χ0) is 17.4. The van der Waals surface area contributed by atoms with E-state index in [1.165, 1.54) is 29.0 Å². The first-order chi connectivity index (χ1) is 12.1. The highest BCUT2D eigenvalue weighted by atomic mass is 32.1. The van der Waals surface area contributed by atoms with E-state index < -0.39 is 0 Å². The molecule has 0 aliphatic heterocycles. The Morgan fingerprint density at radius 3 is 2.52 bits per heavy atom. The van der Waals surface area contributed by atoms with Crippen LogP contribution in [0.5, 0.6) is 0 Å². The van der Waals surface area contributed by atoms with Crippen molar-refractivity contribution in [1.29, 1.82) is 0 Å². The van der Waals surface area contributed by atoms with Gasteiger partial charge >= 0.3 is 0 Å². The SMILES string of the molecule is Cc1ccc(-c2csc3c(=O)n(Cc4ccc(F)cc4)cnc23)cc1. The molecule has 2 heterocycles. The minimum Gasteiger partial charge on any atom is -0.294 e. The highest BCUT2D eigenvalue weighted by Gasteiger charge is 2.12. The fourth-order valence-electron chi connectivity index (χ4n) is 2.78. The van der Waals surface area contributed by atoms with Crippen LogP contribution in [0.2, 0.25) is 0 Å². The number of thiophene rings is 1. The summed E-state index contributed by atoms with van der Waals surface area (Å²) in [6, 6.07) is 14.3. The molecule has 25 heavy (non-hydrogen) atoms. The minimum atomic E-state index is -0.286. The van der Waals surface area contributed by atoms with E-state index in [9.17, 15) is 9.18 Å². The van der Waals surface area contributed by atoms with Gasteiger partial charge in [-0.1, -0.05) is 42.0 Å². The Morgan fingerprint density at radius 1 is 1.08 bits per heavy atom. The molecule has 0 unspecified atom stereocenters. The third kappa shape index (κ3) is 2.98. The molecule has 0 aliphatic carbocycles. The van der Waals surface area contributed by atoms with Gasteiger partial charge in [0, 0.05) is 10.9 Å². The summed E-state index contributed by atoms with van der Waals surface area (Å²) in [5.41, 5.74) is 4.75. The standard InChI is InChI=1S/C20H15FN2OS/c1-13-2-6-15(7-3-13)17-11-25-19-18(17)22-12-23(20(19)24)10-14-4-8-16(21)9-5-14/h2-9,11-12H,10H2,1H3. The highest BCUT2D eigenvalue weighted by molar-refractivity contribution is 7.17. The molecule has 0 aliphatic rings. The largest absolute Gasteiger partial charge is 0.294 e. The summed E-state index contributed by atoms with van der Waals surface area (Å²) in [5.74, 6) is -0.286. The van der Waals surface area contributed by atoms with E-state index in [4.69, 9.17) is 0 Å². The quantitative estimate of drug-likeness (QED) is 0.540. The van der Waals surface area contributed by atoms with Crippen molar-refractivity contribution in [2.75, 3.05) is 0 Å². The first kappa shape index (κ1) is 15.7. The highest BCUT2D eigenvalue weighted by Crippen LogP contribution is 2.30. The van der Waals surface area contributed by atoms with Gasteiger partial charge in [-0.15, -0.1) is 11.3 Å². The fraction of sp³-hybridized carbons (Fsp3) is 0.100. The topological polar surface area (TPSA) is 34.9 Å². The van der Waals surface area contributed by atoms with Crippen molar-refractivity contribution in [1.82, 2.24) is 9.55 Å². The average Bonchev–Trinajstić information content (AvgIpc) is 3.05. The van der Waals surface area contributed by atoms with Crippen LogP contribution in [0.15, 0.2) is 65.0 Å². The molecule has 5 heteroatoms. The van der Waals surface area contributed by atoms with Crippen LogP contribution in [0.1, 0.15) is 11.1 Å². The van der Waals surface area contributed by atoms with E-state index >= 15 is 0 Å². The van der Waals surface area contributed by atoms with Gasteiger partial charge in [0.05, 0.1) is 18.4 Å². The average molecular weight is 350 g/mol. The van der Waals surface area contributed by atoms with Gasteiger partial charge in [0.1, 0.15) is 10.5 Å². The van der Waals surface area contributed by atoms with Gasteiger partial charge in [-0.3, -0.25) is 9.36 Å². The molecule has 0 bridgehead atoms. The van der Waals surface area contributed by atoms with Gasteiger partial charge in [0.15, 0.2) is 0 Å². The molecule has 0 radical (unpaired) electrons. The molecule has 0 fully saturated rings. The number of hydrogen-bond acceptors (Lipinski definition) is 3. The lowest BCUT2D eigenvalue weighted by Crippen LogP contribution is -2.20. The zero-order valence-electron chi connectivity index (χ0n) is 13.6. The van der Waals surface area contributed by atoms with Crippen LogP contribution in [0, 0.1) is 12.7 Å². The molecule has 0 saturated carbocycles. The van der Waals surface area contributed by atoms with Crippen molar-refractivity contribution in [3.05, 3.63) is 87.5 Å². The van der Waals surface area contributed by atoms with Crippen molar-refractivity contribution >= 4 is 21.6 Å². The summed E-state index contributed by atoms with van der Waals surface area (Å²) in [4.78, 5) is 17.3. The Kier molecular flexibility index (Phi) is 3.93. The molecule has 0 spiro atoms. The number of rotatable bonds is 3. The molecular weight excluding hydrogens is 335 g/mol. The van der Waals surface area contributed by atoms with Crippen LogP contribution >= 0.6 is 11.3 Å². The van der Waals surface area contributed by atoms with E-state index in [-0.39, 0.29) is 11.4 Å². The minimum absolute atomic E-state index is 0.0716. The van der Waals surface area contributed by atoms with Crippen molar-refractivity contribution < 1.29 is 4.39 Å². The molecule has 0 saturated heterocycles. The first-order valence-corrected chi connectivity index (χ1v) is 8.78. The van der Waals surface area contributed by atoms with Crippen LogP contribution in [0.25, 0.3) is 21.3 Å². The third-order valence-corrected chi connectivity index (χ3v) is 5.13. The summed E-state index contributed by atoms with van der Waals surface area (Å²) >= 11 is 1.41. The molecule has 2 aromatic carbocycles. The molecule has 4 aromatic rings. The number of benzene rings is 2. The lowest BCUT2D eigenvalue weighted by molar-refractivity contribution is 0.626. The molecular formula is C20H15FN2OS. The lowest BCUT2D eigenvalue weighted by atomic mass is 10.1. The van der Waals surface area contributed by atoms with Crippen molar-refractivity contribution in [2.24, 2.45) is 0 Å². The van der Waals surface area contributed by atoms with Crippen LogP contribution < -0.4 is 5.56 Å². The van der Waals surface area contributed by atoms with Gasteiger partial charge in [-0.05, 0) is 30.2 Å². The maximum absolute atomic E-state index is 13.0. The number of hydrogen-bond donors (Lipinski definition) is 0. The smallest absolute Gasteiger partial charge is 0.271 e. The van der Waals surface area contributed by atoms with E-state index in [0.29, 0.717) is 11.2 Å². The van der Waals surface area contributed by atoms with E-state index in [2.05, 4.69) is 17.1 Å². The maximum Gasteiger partial charge on any atom is 0.271 e. The fourth-order valence-corrected chi connectivity index (χ4v) is 3.75. The normalized spacial score (nSPS) is 11.1. The van der Waals surface area contributed by atoms with Crippen molar-refractivity contribution in [3.8, 4) is 11.1 Å². The number of aryl methyl sites for hydroxylation is 1. The summed E-state index contributed by atoms with van der Waals surface area (Å²) in [6.45, 7) is 2.42. The van der Waals surface area contributed by atoms with Crippen LogP contribution in [-0.4, -0.2) is 9.55 Å². The number of halogens is 1. The van der Waals surface area contributed by atoms with Crippen molar-refractivity contribution in [3.63, 3.8) is 0 Å². The van der Waals surface area contributed by atoms with E-state index in [1.54, 1.807) is 23.0 Å². The maximum atomic E-state index is 13.0. The molecule has 124 valence electrons. The van der Waals surface area contributed by atoms with Crippen LogP contribution in [0.3, 0.4) is 0 Å². The zero-order valence-corrected chi connectivity index (χ0v) is 14.4. The van der Waals surface area contributed by atoms with E-state index in [1.807, 2.05) is 24.4 Å². The van der Waals surface area contributed by atoms with Crippen molar-refractivity contribution in [2.45, 2.75) is 13.5 Å². The van der Waals surface area contributed by atoms with Crippen LogP contribution in [-0.2, 0) is 6.54 Å². The van der Waals surface area contributed by atoms with Gasteiger partial charge in [0.25, 0.3) is 5.56 Å². The Labute approximate surface area is 148 Å². The van der Waals surface area contributed by atoms with Gasteiger partial charge in [-0.2, -0.15) is 0 Å². The second-order valence-electron chi connectivity index (χ2n) is 6.00. The Hall–Kier alpha value is -2.79. The molecule has 4 rings (SSSR count). The predicted octanol–water partition coefficient (Wildman–Crippen LogP) is 4.62. The predicted molar refractivity (Wildman–Crippen MR) is 99.6 cm³/mol. The van der Waals surface area contributed by atoms with E-state index in [0.717, 1.165) is 22.2 Å². The molecule has 0 amide bonds. The van der Waals surface area contributed by atoms with Gasteiger partial charge in [-0.25, -0.2) is 9.37 Å². The summed E-state index contributed by atoms with van der Waals surface area (Å²) in [6.07, 6.45) is 1.57. The Balaban J connectivity index is 1.75. The molecule has 0 atom stereocenters. The van der Waals surface area contributed by atoms with Crippen LogP contribution in [0.4, 0.5) is 4.39 Å². The molecule has 3 nitrogen and oxygen atoms in total. The Bertz CT molecular complexity index is 1100. The number of nitrogens with zero attached hydrogens (tertiary/aromatic N) is 2. The van der Waals surface area contributed by atoms with Gasteiger partial charge < -0.3 is 0 Å². The Morgan fingerprint density at radius 2 is 1.80 bits per heavy atom. The monoisotopic (exact) mass is 350 g/mol. The summed E-state index contributed by atoms with van der Waals surface area (Å²) in [5, 5.41) is 1.98. The molecule has 2 aromatic heterocycles. The lowest BCUT2D eigenvalue weighted by Gasteiger charge is -2.06. The number of fused-ring (bicyclic) bond motifs is 1. The number of aromatic nitrogens is 2. The molecule has 0 N–H and O–H groups in total. The summed E-state index contributed by atoms with van der Waals surface area (Å²) < 4.78 is 15.2. The summed E-state index contributed by atoms with van der Waals surface area (Å²) in [7, 11) is 0. The third-order valence-electron chi connectivity index (χ3n) is 4.17. The van der Waals surface area contributed by atoms with Gasteiger partial charge in [0.2, 0.25) is 0 Å². The first-order valence-electron chi connectivity index (χ1n) is 7.90. The second-order valence-corrected chi connectivity index (χ2v) is 6.88.